The molecular formula is C28H26N2O6. The van der Waals surface area contributed by atoms with Crippen LogP contribution in [0.25, 0.3) is 5.76 Å². The number of benzene rings is 2. The molecular weight excluding hydrogens is 460 g/mol. The zero-order valence-corrected chi connectivity index (χ0v) is 20.0. The second kappa shape index (κ2) is 10.9. The van der Waals surface area contributed by atoms with Crippen molar-refractivity contribution in [3.63, 3.8) is 0 Å². The van der Waals surface area contributed by atoms with E-state index >= 15 is 0 Å². The smallest absolute Gasteiger partial charge is 0.338 e. The van der Waals surface area contributed by atoms with Crippen LogP contribution in [0.15, 0.2) is 78.6 Å². The van der Waals surface area contributed by atoms with Crippen molar-refractivity contribution < 1.29 is 29.0 Å². The minimum Gasteiger partial charge on any atom is -0.507 e. The van der Waals surface area contributed by atoms with E-state index < -0.39 is 23.7 Å². The van der Waals surface area contributed by atoms with Gasteiger partial charge in [-0.3, -0.25) is 14.6 Å². The first-order chi connectivity index (χ1) is 17.4. The fourth-order valence-corrected chi connectivity index (χ4v) is 4.15. The SMILES string of the molecule is CCOC(=O)c1ccc(CN2C(=O)C(=O)/C(=C(/O)c3cccc(OCC)c3)C2c2ccncc2)cc1. The molecule has 4 rings (SSSR count). The van der Waals surface area contributed by atoms with Crippen molar-refractivity contribution in [2.75, 3.05) is 13.2 Å². The summed E-state index contributed by atoms with van der Waals surface area (Å²) in [6.45, 7) is 4.39. The Labute approximate surface area is 208 Å². The van der Waals surface area contributed by atoms with Gasteiger partial charge in [0.2, 0.25) is 0 Å². The third-order valence-corrected chi connectivity index (χ3v) is 5.80. The zero-order valence-electron chi connectivity index (χ0n) is 20.0. The van der Waals surface area contributed by atoms with Crippen LogP contribution in [0.1, 0.15) is 46.9 Å². The number of ether oxygens (including phenoxy) is 2. The number of carbonyl (C=O) groups is 3. The Morgan fingerprint density at radius 3 is 2.36 bits per heavy atom. The quantitative estimate of drug-likeness (QED) is 0.219. The lowest BCUT2D eigenvalue weighted by Crippen LogP contribution is -2.29. The molecule has 0 radical (unpaired) electrons. The lowest BCUT2D eigenvalue weighted by molar-refractivity contribution is -0.140. The Hall–Kier alpha value is -4.46. The molecule has 1 amide bonds. The van der Waals surface area contributed by atoms with Gasteiger partial charge in [0.1, 0.15) is 11.5 Å². The summed E-state index contributed by atoms with van der Waals surface area (Å²) in [5.41, 5.74) is 2.10. The Bertz CT molecular complexity index is 1300. The Morgan fingerprint density at radius 1 is 0.972 bits per heavy atom. The first-order valence-electron chi connectivity index (χ1n) is 11.6. The molecule has 2 heterocycles. The van der Waals surface area contributed by atoms with Crippen LogP contribution in [0.5, 0.6) is 5.75 Å². The van der Waals surface area contributed by atoms with E-state index in [2.05, 4.69) is 4.98 Å². The summed E-state index contributed by atoms with van der Waals surface area (Å²) in [7, 11) is 0. The first-order valence-corrected chi connectivity index (χ1v) is 11.6. The number of amides is 1. The van der Waals surface area contributed by atoms with Crippen LogP contribution >= 0.6 is 0 Å². The number of aliphatic hydroxyl groups excluding tert-OH is 1. The van der Waals surface area contributed by atoms with Gasteiger partial charge in [-0.1, -0.05) is 24.3 Å². The van der Waals surface area contributed by atoms with E-state index in [-0.39, 0.29) is 24.5 Å². The highest BCUT2D eigenvalue weighted by molar-refractivity contribution is 6.46. The second-order valence-corrected chi connectivity index (χ2v) is 8.09. The predicted octanol–water partition coefficient (Wildman–Crippen LogP) is 4.28. The standard InChI is InChI=1S/C28H26N2O6/c1-3-35-22-7-5-6-21(16-22)25(31)23-24(19-12-14-29-15-13-19)30(27(33)26(23)32)17-18-8-10-20(11-9-18)28(34)36-4-2/h5-16,24,31H,3-4,17H2,1-2H3/b25-23+. The summed E-state index contributed by atoms with van der Waals surface area (Å²) in [4.78, 5) is 43.8. The molecule has 1 aromatic heterocycles. The van der Waals surface area contributed by atoms with Gasteiger partial charge in [-0.25, -0.2) is 4.79 Å². The van der Waals surface area contributed by atoms with Crippen molar-refractivity contribution >= 4 is 23.4 Å². The number of rotatable bonds is 8. The molecule has 3 aromatic rings. The number of aliphatic hydroxyl groups is 1. The topological polar surface area (TPSA) is 106 Å². The number of likely N-dealkylation sites (tertiary alicyclic amines) is 1. The molecule has 0 spiro atoms. The van der Waals surface area contributed by atoms with E-state index in [1.807, 2.05) is 6.92 Å². The molecule has 1 aliphatic rings. The average molecular weight is 487 g/mol. The molecule has 2 aromatic carbocycles. The molecule has 184 valence electrons. The van der Waals surface area contributed by atoms with Crippen LogP contribution in [0, 0.1) is 0 Å². The Balaban J connectivity index is 1.74. The van der Waals surface area contributed by atoms with E-state index in [1.165, 1.54) is 4.90 Å². The number of Topliss-reactive ketones (excluding diaryl/α,β-unsaturated/α-hetero) is 1. The lowest BCUT2D eigenvalue weighted by Gasteiger charge is -2.25. The summed E-state index contributed by atoms with van der Waals surface area (Å²) in [5.74, 6) is -1.68. The lowest BCUT2D eigenvalue weighted by atomic mass is 9.95. The van der Waals surface area contributed by atoms with Crippen molar-refractivity contribution in [2.45, 2.75) is 26.4 Å². The van der Waals surface area contributed by atoms with E-state index in [9.17, 15) is 19.5 Å². The van der Waals surface area contributed by atoms with E-state index in [0.717, 1.165) is 0 Å². The summed E-state index contributed by atoms with van der Waals surface area (Å²) in [5, 5.41) is 11.2. The number of hydrogen-bond acceptors (Lipinski definition) is 7. The van der Waals surface area contributed by atoms with Crippen molar-refractivity contribution in [2.24, 2.45) is 0 Å². The van der Waals surface area contributed by atoms with Gasteiger partial charge >= 0.3 is 5.97 Å². The summed E-state index contributed by atoms with van der Waals surface area (Å²) in [6.07, 6.45) is 3.14. The molecule has 8 nitrogen and oxygen atoms in total. The summed E-state index contributed by atoms with van der Waals surface area (Å²) >= 11 is 0. The average Bonchev–Trinajstić information content (AvgIpc) is 3.14. The maximum absolute atomic E-state index is 13.2. The highest BCUT2D eigenvalue weighted by atomic mass is 16.5. The number of ketones is 1. The third-order valence-electron chi connectivity index (χ3n) is 5.80. The van der Waals surface area contributed by atoms with Crippen LogP contribution in [-0.2, 0) is 20.9 Å². The van der Waals surface area contributed by atoms with Gasteiger partial charge in [-0.05, 0) is 61.4 Å². The van der Waals surface area contributed by atoms with Gasteiger partial charge in [0.05, 0.1) is 30.4 Å². The highest BCUT2D eigenvalue weighted by Crippen LogP contribution is 2.40. The Morgan fingerprint density at radius 2 is 1.69 bits per heavy atom. The van der Waals surface area contributed by atoms with Crippen molar-refractivity contribution in [3.8, 4) is 5.75 Å². The summed E-state index contributed by atoms with van der Waals surface area (Å²) in [6, 6.07) is 16.0. The number of hydrogen-bond donors (Lipinski definition) is 1. The van der Waals surface area contributed by atoms with Crippen molar-refractivity contribution in [1.82, 2.24) is 9.88 Å². The molecule has 1 unspecified atom stereocenters. The van der Waals surface area contributed by atoms with Crippen molar-refractivity contribution in [1.29, 1.82) is 0 Å². The maximum Gasteiger partial charge on any atom is 0.338 e. The van der Waals surface area contributed by atoms with Crippen LogP contribution < -0.4 is 4.74 Å². The molecule has 0 bridgehead atoms. The van der Waals surface area contributed by atoms with Gasteiger partial charge in [-0.2, -0.15) is 0 Å². The molecule has 1 aliphatic heterocycles. The number of esters is 1. The largest absolute Gasteiger partial charge is 0.507 e. The van der Waals surface area contributed by atoms with Crippen LogP contribution in [0.3, 0.4) is 0 Å². The molecule has 1 fully saturated rings. The number of aromatic nitrogens is 1. The van der Waals surface area contributed by atoms with Gasteiger partial charge in [-0.15, -0.1) is 0 Å². The van der Waals surface area contributed by atoms with Gasteiger partial charge in [0.15, 0.2) is 0 Å². The third kappa shape index (κ3) is 4.98. The Kier molecular flexibility index (Phi) is 7.44. The normalized spacial score (nSPS) is 16.7. The van der Waals surface area contributed by atoms with Gasteiger partial charge in [0.25, 0.3) is 11.7 Å². The van der Waals surface area contributed by atoms with E-state index in [0.29, 0.717) is 34.6 Å². The van der Waals surface area contributed by atoms with Gasteiger partial charge in [0, 0.05) is 24.5 Å². The number of nitrogens with zero attached hydrogens (tertiary/aromatic N) is 2. The molecule has 1 saturated heterocycles. The van der Waals surface area contributed by atoms with Crippen LogP contribution in [0.2, 0.25) is 0 Å². The summed E-state index contributed by atoms with van der Waals surface area (Å²) < 4.78 is 10.5. The second-order valence-electron chi connectivity index (χ2n) is 8.09. The molecule has 36 heavy (non-hydrogen) atoms. The zero-order chi connectivity index (χ0) is 25.7. The molecule has 8 heteroatoms. The number of carbonyl (C=O) groups excluding carboxylic acids is 3. The van der Waals surface area contributed by atoms with E-state index in [1.54, 1.807) is 80.0 Å². The van der Waals surface area contributed by atoms with Crippen LogP contribution in [0.4, 0.5) is 0 Å². The minimum atomic E-state index is -0.825. The molecule has 0 aliphatic carbocycles. The fourth-order valence-electron chi connectivity index (χ4n) is 4.15. The van der Waals surface area contributed by atoms with Crippen LogP contribution in [-0.4, -0.2) is 45.9 Å². The van der Waals surface area contributed by atoms with Crippen molar-refractivity contribution in [3.05, 3.63) is 101 Å². The van der Waals surface area contributed by atoms with E-state index in [4.69, 9.17) is 9.47 Å². The molecule has 0 saturated carbocycles. The number of pyridine rings is 1. The maximum atomic E-state index is 13.2. The monoisotopic (exact) mass is 486 g/mol. The first kappa shape index (κ1) is 24.7. The fraction of sp³-hybridized carbons (Fsp3) is 0.214. The molecule has 1 N–H and O–H groups in total. The predicted molar refractivity (Wildman–Crippen MR) is 132 cm³/mol. The van der Waals surface area contributed by atoms with Gasteiger partial charge < -0.3 is 19.5 Å². The highest BCUT2D eigenvalue weighted by Gasteiger charge is 2.46. The molecule has 1 atom stereocenters. The minimum absolute atomic E-state index is 0.0111.